The predicted molar refractivity (Wildman–Crippen MR) is 95.1 cm³/mol. The largest absolute Gasteiger partial charge is 0.459 e. The zero-order valence-electron chi connectivity index (χ0n) is 14.5. The second-order valence-electron chi connectivity index (χ2n) is 6.85. The molecule has 7 heteroatoms. The van der Waals surface area contributed by atoms with Crippen LogP contribution in [0.25, 0.3) is 0 Å². The van der Waals surface area contributed by atoms with Crippen molar-refractivity contribution in [2.45, 2.75) is 44.8 Å². The number of carbonyl (C=O) groups excluding carboxylic acids is 2. The Hall–Kier alpha value is -1.79. The smallest absolute Gasteiger partial charge is 0.339 e. The maximum atomic E-state index is 12.5. The summed E-state index contributed by atoms with van der Waals surface area (Å²) in [6.45, 7) is 5.70. The fourth-order valence-corrected chi connectivity index (χ4v) is 3.34. The van der Waals surface area contributed by atoms with Crippen LogP contribution in [-0.2, 0) is 9.47 Å². The molecule has 3 rings (SSSR count). The standard InChI is InChI=1S/C18H23ClN2O4/c1-12(2)25-16(22)14-11-13(3-4-15(14)19)20-17(23)21-8-5-18(6-9-21)7-10-24-18/h3-4,11-12H,5-10H2,1-2H3,(H,20,23). The highest BCUT2D eigenvalue weighted by Crippen LogP contribution is 2.36. The molecule has 0 radical (unpaired) electrons. The topological polar surface area (TPSA) is 67.9 Å². The molecule has 0 bridgehead atoms. The Balaban J connectivity index is 1.62. The first kappa shape index (κ1) is 18.0. The molecule has 25 heavy (non-hydrogen) atoms. The third kappa shape index (κ3) is 4.07. The summed E-state index contributed by atoms with van der Waals surface area (Å²) in [6, 6.07) is 4.62. The minimum Gasteiger partial charge on any atom is -0.459 e. The lowest BCUT2D eigenvalue weighted by Gasteiger charge is -2.47. The number of amides is 2. The zero-order chi connectivity index (χ0) is 18.0. The number of rotatable bonds is 3. The molecule has 2 aliphatic rings. The summed E-state index contributed by atoms with van der Waals surface area (Å²) in [7, 11) is 0. The minimum atomic E-state index is -0.502. The second kappa shape index (κ2) is 7.22. The summed E-state index contributed by atoms with van der Waals surface area (Å²) >= 11 is 6.08. The summed E-state index contributed by atoms with van der Waals surface area (Å²) in [5, 5.41) is 3.13. The van der Waals surface area contributed by atoms with Crippen molar-refractivity contribution in [2.24, 2.45) is 0 Å². The quantitative estimate of drug-likeness (QED) is 0.828. The van der Waals surface area contributed by atoms with Gasteiger partial charge in [-0.05, 0) is 51.3 Å². The number of likely N-dealkylation sites (tertiary alicyclic amines) is 1. The van der Waals surface area contributed by atoms with E-state index in [9.17, 15) is 9.59 Å². The number of nitrogens with zero attached hydrogens (tertiary/aromatic N) is 1. The molecule has 2 fully saturated rings. The van der Waals surface area contributed by atoms with Crippen LogP contribution in [0.15, 0.2) is 18.2 Å². The van der Waals surface area contributed by atoms with Gasteiger partial charge < -0.3 is 19.7 Å². The number of carbonyl (C=O) groups is 2. The van der Waals surface area contributed by atoms with E-state index in [0.29, 0.717) is 23.8 Å². The van der Waals surface area contributed by atoms with Crippen molar-refractivity contribution < 1.29 is 19.1 Å². The van der Waals surface area contributed by atoms with E-state index < -0.39 is 5.97 Å². The van der Waals surface area contributed by atoms with Gasteiger partial charge in [-0.25, -0.2) is 9.59 Å². The van der Waals surface area contributed by atoms with Crippen LogP contribution in [0.1, 0.15) is 43.5 Å². The van der Waals surface area contributed by atoms with Crippen LogP contribution in [-0.4, -0.2) is 48.3 Å². The Morgan fingerprint density at radius 2 is 1.96 bits per heavy atom. The van der Waals surface area contributed by atoms with Gasteiger partial charge in [-0.1, -0.05) is 11.6 Å². The van der Waals surface area contributed by atoms with Gasteiger partial charge in [-0.15, -0.1) is 0 Å². The maximum Gasteiger partial charge on any atom is 0.339 e. The number of ether oxygens (including phenoxy) is 2. The molecule has 0 aromatic heterocycles. The Morgan fingerprint density at radius 3 is 2.52 bits per heavy atom. The van der Waals surface area contributed by atoms with Crippen molar-refractivity contribution in [1.29, 1.82) is 0 Å². The van der Waals surface area contributed by atoms with Crippen LogP contribution in [0.2, 0.25) is 5.02 Å². The number of nitrogens with one attached hydrogen (secondary N) is 1. The van der Waals surface area contributed by atoms with Crippen LogP contribution < -0.4 is 5.32 Å². The number of hydrogen-bond donors (Lipinski definition) is 1. The number of hydrogen-bond acceptors (Lipinski definition) is 4. The summed E-state index contributed by atoms with van der Waals surface area (Å²) in [5.74, 6) is -0.502. The number of halogens is 1. The van der Waals surface area contributed by atoms with Crippen molar-refractivity contribution in [1.82, 2.24) is 4.90 Å². The van der Waals surface area contributed by atoms with Crippen LogP contribution >= 0.6 is 11.6 Å². The van der Waals surface area contributed by atoms with E-state index in [1.165, 1.54) is 0 Å². The second-order valence-corrected chi connectivity index (χ2v) is 7.25. The first-order chi connectivity index (χ1) is 11.9. The van der Waals surface area contributed by atoms with Crippen LogP contribution in [0.4, 0.5) is 10.5 Å². The van der Waals surface area contributed by atoms with Crippen molar-refractivity contribution in [3.8, 4) is 0 Å². The van der Waals surface area contributed by atoms with E-state index in [1.807, 2.05) is 0 Å². The molecule has 1 aromatic carbocycles. The number of anilines is 1. The van der Waals surface area contributed by atoms with Gasteiger partial charge in [0.05, 0.1) is 28.9 Å². The number of urea groups is 1. The van der Waals surface area contributed by atoms with Crippen LogP contribution in [0.5, 0.6) is 0 Å². The van der Waals surface area contributed by atoms with Crippen molar-refractivity contribution in [3.63, 3.8) is 0 Å². The molecule has 1 spiro atoms. The third-order valence-electron chi connectivity index (χ3n) is 4.71. The fraction of sp³-hybridized carbons (Fsp3) is 0.556. The summed E-state index contributed by atoms with van der Waals surface area (Å²) in [6.07, 6.45) is 2.58. The predicted octanol–water partition coefficient (Wildman–Crippen LogP) is 3.69. The van der Waals surface area contributed by atoms with Gasteiger partial charge in [0, 0.05) is 18.8 Å². The summed E-state index contributed by atoms with van der Waals surface area (Å²) in [4.78, 5) is 26.3. The van der Waals surface area contributed by atoms with E-state index >= 15 is 0 Å². The van der Waals surface area contributed by atoms with Gasteiger partial charge >= 0.3 is 12.0 Å². The molecule has 0 atom stereocenters. The molecular formula is C18H23ClN2O4. The van der Waals surface area contributed by atoms with Gasteiger partial charge in [-0.3, -0.25) is 0 Å². The third-order valence-corrected chi connectivity index (χ3v) is 5.04. The number of esters is 1. The van der Waals surface area contributed by atoms with E-state index in [4.69, 9.17) is 21.1 Å². The van der Waals surface area contributed by atoms with E-state index in [-0.39, 0.29) is 23.3 Å². The lowest BCUT2D eigenvalue weighted by molar-refractivity contribution is -0.168. The highest BCUT2D eigenvalue weighted by molar-refractivity contribution is 6.33. The summed E-state index contributed by atoms with van der Waals surface area (Å²) < 4.78 is 10.8. The Labute approximate surface area is 152 Å². The first-order valence-electron chi connectivity index (χ1n) is 8.59. The van der Waals surface area contributed by atoms with E-state index in [0.717, 1.165) is 25.9 Å². The van der Waals surface area contributed by atoms with Gasteiger partial charge in [0.15, 0.2) is 0 Å². The molecule has 2 heterocycles. The number of benzene rings is 1. The normalized spacial score (nSPS) is 18.8. The molecule has 2 saturated heterocycles. The average molecular weight is 367 g/mol. The maximum absolute atomic E-state index is 12.5. The molecule has 2 aliphatic heterocycles. The monoisotopic (exact) mass is 366 g/mol. The Kier molecular flexibility index (Phi) is 5.20. The molecule has 1 aromatic rings. The molecule has 0 unspecified atom stereocenters. The van der Waals surface area contributed by atoms with Crippen LogP contribution in [0, 0.1) is 0 Å². The molecule has 1 N–H and O–H groups in total. The molecule has 136 valence electrons. The minimum absolute atomic E-state index is 0.00479. The SMILES string of the molecule is CC(C)OC(=O)c1cc(NC(=O)N2CCC3(CCO3)CC2)ccc1Cl. The molecule has 2 amide bonds. The highest BCUT2D eigenvalue weighted by atomic mass is 35.5. The highest BCUT2D eigenvalue weighted by Gasteiger charge is 2.41. The lowest BCUT2D eigenvalue weighted by Crippen LogP contribution is -2.54. The van der Waals surface area contributed by atoms with Gasteiger partial charge in [-0.2, -0.15) is 0 Å². The Bertz CT molecular complexity index is 663. The van der Waals surface area contributed by atoms with E-state index in [1.54, 1.807) is 36.9 Å². The molecule has 6 nitrogen and oxygen atoms in total. The molecule has 0 aliphatic carbocycles. The fourth-order valence-electron chi connectivity index (χ4n) is 3.14. The molecular weight excluding hydrogens is 344 g/mol. The number of piperidine rings is 1. The van der Waals surface area contributed by atoms with Gasteiger partial charge in [0.25, 0.3) is 0 Å². The van der Waals surface area contributed by atoms with Crippen LogP contribution in [0.3, 0.4) is 0 Å². The lowest BCUT2D eigenvalue weighted by atomic mass is 9.84. The average Bonchev–Trinajstić information content (AvgIpc) is 2.54. The van der Waals surface area contributed by atoms with Crippen molar-refractivity contribution >= 4 is 29.3 Å². The van der Waals surface area contributed by atoms with Gasteiger partial charge in [0.1, 0.15) is 0 Å². The van der Waals surface area contributed by atoms with E-state index in [2.05, 4.69) is 5.32 Å². The van der Waals surface area contributed by atoms with Gasteiger partial charge in [0.2, 0.25) is 0 Å². The van der Waals surface area contributed by atoms with Crippen molar-refractivity contribution in [2.75, 3.05) is 25.0 Å². The first-order valence-corrected chi connectivity index (χ1v) is 8.97. The Morgan fingerprint density at radius 1 is 1.28 bits per heavy atom. The van der Waals surface area contributed by atoms with Crippen molar-refractivity contribution in [3.05, 3.63) is 28.8 Å². The molecule has 0 saturated carbocycles. The zero-order valence-corrected chi connectivity index (χ0v) is 15.3. The summed E-state index contributed by atoms with van der Waals surface area (Å²) in [5.41, 5.74) is 0.768.